The lowest BCUT2D eigenvalue weighted by molar-refractivity contribution is 0.329. The van der Waals surface area contributed by atoms with Crippen molar-refractivity contribution >= 4 is 6.21 Å². The number of allylic oxidation sites excluding steroid dienone is 3. The number of hydrogen-bond acceptors (Lipinski definition) is 2. The maximum atomic E-state index is 8.90. The van der Waals surface area contributed by atoms with Gasteiger partial charge < -0.3 is 5.11 Å². The quantitative estimate of drug-likeness (QED) is 0.641. The first-order valence-electron chi connectivity index (χ1n) is 4.36. The first-order valence-corrected chi connectivity index (χ1v) is 4.36. The Bertz CT molecular complexity index is 253. The SMILES string of the molecule is C=CCC1(CC=C)C=NC(CO)=C1. The first-order chi connectivity index (χ1) is 6.26. The summed E-state index contributed by atoms with van der Waals surface area (Å²) < 4.78 is 0. The van der Waals surface area contributed by atoms with Crippen molar-refractivity contribution in [2.24, 2.45) is 10.4 Å². The summed E-state index contributed by atoms with van der Waals surface area (Å²) in [6.45, 7) is 7.44. The Morgan fingerprint density at radius 2 is 2.00 bits per heavy atom. The third-order valence-electron chi connectivity index (χ3n) is 2.15. The van der Waals surface area contributed by atoms with Crippen LogP contribution in [-0.2, 0) is 0 Å². The summed E-state index contributed by atoms with van der Waals surface area (Å²) in [4.78, 5) is 4.14. The second-order valence-electron chi connectivity index (χ2n) is 3.27. The van der Waals surface area contributed by atoms with E-state index in [9.17, 15) is 0 Å². The molecule has 2 heteroatoms. The van der Waals surface area contributed by atoms with Gasteiger partial charge in [-0.2, -0.15) is 0 Å². The van der Waals surface area contributed by atoms with Crippen molar-refractivity contribution in [1.82, 2.24) is 0 Å². The van der Waals surface area contributed by atoms with Gasteiger partial charge in [-0.1, -0.05) is 12.2 Å². The normalized spacial score (nSPS) is 18.4. The summed E-state index contributed by atoms with van der Waals surface area (Å²) in [7, 11) is 0. The Hall–Kier alpha value is -1.15. The van der Waals surface area contributed by atoms with Gasteiger partial charge in [-0.25, -0.2) is 0 Å². The van der Waals surface area contributed by atoms with Crippen LogP contribution in [0.4, 0.5) is 0 Å². The minimum Gasteiger partial charge on any atom is -0.390 e. The molecule has 1 aliphatic rings. The fourth-order valence-corrected chi connectivity index (χ4v) is 1.55. The van der Waals surface area contributed by atoms with Gasteiger partial charge in [0.2, 0.25) is 0 Å². The van der Waals surface area contributed by atoms with Gasteiger partial charge in [0, 0.05) is 11.6 Å². The molecule has 2 nitrogen and oxygen atoms in total. The van der Waals surface area contributed by atoms with E-state index >= 15 is 0 Å². The summed E-state index contributed by atoms with van der Waals surface area (Å²) in [5.41, 5.74) is 0.658. The Morgan fingerprint density at radius 1 is 1.38 bits per heavy atom. The van der Waals surface area contributed by atoms with E-state index in [2.05, 4.69) is 18.2 Å². The van der Waals surface area contributed by atoms with Crippen LogP contribution in [0.3, 0.4) is 0 Å². The molecular formula is C11H15NO. The Labute approximate surface area is 79.0 Å². The van der Waals surface area contributed by atoms with Gasteiger partial charge in [0.05, 0.1) is 12.3 Å². The summed E-state index contributed by atoms with van der Waals surface area (Å²) in [5, 5.41) is 8.90. The van der Waals surface area contributed by atoms with Gasteiger partial charge in [-0.05, 0) is 18.9 Å². The van der Waals surface area contributed by atoms with Gasteiger partial charge in [0.25, 0.3) is 0 Å². The number of aliphatic imine (C=N–C) groups is 1. The average molecular weight is 177 g/mol. The molecular weight excluding hydrogens is 162 g/mol. The van der Waals surface area contributed by atoms with Crippen LogP contribution in [0, 0.1) is 5.41 Å². The molecule has 0 radical (unpaired) electrons. The summed E-state index contributed by atoms with van der Waals surface area (Å²) in [5.74, 6) is 0. The number of rotatable bonds is 5. The van der Waals surface area contributed by atoms with Crippen molar-refractivity contribution in [2.75, 3.05) is 6.61 Å². The molecule has 0 saturated carbocycles. The van der Waals surface area contributed by atoms with E-state index in [4.69, 9.17) is 5.11 Å². The smallest absolute Gasteiger partial charge is 0.0849 e. The molecule has 0 atom stereocenters. The van der Waals surface area contributed by atoms with Crippen LogP contribution in [0.15, 0.2) is 42.1 Å². The monoisotopic (exact) mass is 177 g/mol. The highest BCUT2D eigenvalue weighted by molar-refractivity contribution is 5.74. The fourth-order valence-electron chi connectivity index (χ4n) is 1.55. The number of aliphatic hydroxyl groups is 1. The second kappa shape index (κ2) is 4.19. The first kappa shape index (κ1) is 9.93. The van der Waals surface area contributed by atoms with Gasteiger partial charge in [0.1, 0.15) is 0 Å². The molecule has 0 saturated heterocycles. The summed E-state index contributed by atoms with van der Waals surface area (Å²) >= 11 is 0. The zero-order chi connectivity index (χ0) is 9.73. The fraction of sp³-hybridized carbons (Fsp3) is 0.364. The zero-order valence-electron chi connectivity index (χ0n) is 7.74. The molecule has 0 fully saturated rings. The molecule has 1 aliphatic heterocycles. The molecule has 0 aromatic carbocycles. The lowest BCUT2D eigenvalue weighted by Crippen LogP contribution is -2.15. The van der Waals surface area contributed by atoms with Crippen LogP contribution < -0.4 is 0 Å². The molecule has 0 aliphatic carbocycles. The van der Waals surface area contributed by atoms with E-state index in [1.807, 2.05) is 24.4 Å². The van der Waals surface area contributed by atoms with E-state index in [1.54, 1.807) is 0 Å². The summed E-state index contributed by atoms with van der Waals surface area (Å²) in [6, 6.07) is 0. The Kier molecular flexibility index (Phi) is 3.20. The van der Waals surface area contributed by atoms with Crippen LogP contribution >= 0.6 is 0 Å². The average Bonchev–Trinajstić information content (AvgIpc) is 2.50. The molecule has 13 heavy (non-hydrogen) atoms. The van der Waals surface area contributed by atoms with E-state index in [0.717, 1.165) is 18.5 Å². The third kappa shape index (κ3) is 2.16. The molecule has 0 aromatic rings. The summed E-state index contributed by atoms with van der Waals surface area (Å²) in [6.07, 6.45) is 9.29. The second-order valence-corrected chi connectivity index (χ2v) is 3.27. The number of nitrogens with zero attached hydrogens (tertiary/aromatic N) is 1. The van der Waals surface area contributed by atoms with Crippen molar-refractivity contribution in [1.29, 1.82) is 0 Å². The van der Waals surface area contributed by atoms with Crippen LogP contribution in [-0.4, -0.2) is 17.9 Å². The van der Waals surface area contributed by atoms with E-state index < -0.39 is 0 Å². The molecule has 0 spiro atoms. The third-order valence-corrected chi connectivity index (χ3v) is 2.15. The maximum Gasteiger partial charge on any atom is 0.0849 e. The van der Waals surface area contributed by atoms with Gasteiger partial charge in [-0.3, -0.25) is 4.99 Å². The lowest BCUT2D eigenvalue weighted by atomic mass is 9.83. The van der Waals surface area contributed by atoms with E-state index in [-0.39, 0.29) is 12.0 Å². The van der Waals surface area contributed by atoms with Crippen molar-refractivity contribution < 1.29 is 5.11 Å². The molecule has 1 rings (SSSR count). The van der Waals surface area contributed by atoms with E-state index in [1.165, 1.54) is 0 Å². The molecule has 0 bridgehead atoms. The molecule has 0 unspecified atom stereocenters. The lowest BCUT2D eigenvalue weighted by Gasteiger charge is -2.19. The Balaban J connectivity index is 2.82. The van der Waals surface area contributed by atoms with Crippen LogP contribution in [0.1, 0.15) is 12.8 Å². The molecule has 1 N–H and O–H groups in total. The minimum atomic E-state index is -0.0818. The molecule has 0 amide bonds. The van der Waals surface area contributed by atoms with Crippen molar-refractivity contribution in [3.8, 4) is 0 Å². The van der Waals surface area contributed by atoms with Gasteiger partial charge in [0.15, 0.2) is 0 Å². The van der Waals surface area contributed by atoms with E-state index in [0.29, 0.717) is 0 Å². The van der Waals surface area contributed by atoms with Crippen LogP contribution in [0.2, 0.25) is 0 Å². The van der Waals surface area contributed by atoms with Crippen LogP contribution in [0.5, 0.6) is 0 Å². The Morgan fingerprint density at radius 3 is 2.38 bits per heavy atom. The van der Waals surface area contributed by atoms with Crippen LogP contribution in [0.25, 0.3) is 0 Å². The zero-order valence-corrected chi connectivity index (χ0v) is 7.74. The highest BCUT2D eigenvalue weighted by Gasteiger charge is 2.26. The van der Waals surface area contributed by atoms with Crippen molar-refractivity contribution in [3.63, 3.8) is 0 Å². The molecule has 1 heterocycles. The van der Waals surface area contributed by atoms with Gasteiger partial charge >= 0.3 is 0 Å². The van der Waals surface area contributed by atoms with Crippen molar-refractivity contribution in [2.45, 2.75) is 12.8 Å². The molecule has 70 valence electrons. The van der Waals surface area contributed by atoms with Crippen molar-refractivity contribution in [3.05, 3.63) is 37.1 Å². The minimum absolute atomic E-state index is 0.00648. The highest BCUT2D eigenvalue weighted by atomic mass is 16.3. The molecule has 0 aromatic heterocycles. The highest BCUT2D eigenvalue weighted by Crippen LogP contribution is 2.33. The standard InChI is InChI=1S/C11H15NO/c1-3-5-11(6-4-2)7-10(8-13)12-9-11/h3-4,7,9,13H,1-2,5-6,8H2. The number of hydrogen-bond donors (Lipinski definition) is 1. The largest absolute Gasteiger partial charge is 0.390 e. The number of aliphatic hydroxyl groups excluding tert-OH is 1. The predicted molar refractivity (Wildman–Crippen MR) is 55.7 cm³/mol. The topological polar surface area (TPSA) is 32.6 Å². The predicted octanol–water partition coefficient (Wildman–Crippen LogP) is 2.09. The maximum absolute atomic E-state index is 8.90. The van der Waals surface area contributed by atoms with Gasteiger partial charge in [-0.15, -0.1) is 13.2 Å².